The van der Waals surface area contributed by atoms with E-state index in [9.17, 15) is 9.59 Å². The Morgan fingerprint density at radius 2 is 1.62 bits per heavy atom. The Kier molecular flexibility index (Phi) is 7.91. The lowest BCUT2D eigenvalue weighted by Crippen LogP contribution is -2.46. The quantitative estimate of drug-likeness (QED) is 0.462. The van der Waals surface area contributed by atoms with Gasteiger partial charge in [-0.3, -0.25) is 9.59 Å². The van der Waals surface area contributed by atoms with Gasteiger partial charge in [0, 0.05) is 24.4 Å². The lowest BCUT2D eigenvalue weighted by molar-refractivity contribution is -0.129. The zero-order chi connectivity index (χ0) is 18.9. The normalized spacial score (nSPS) is 10.8. The number of nitrogens with zero attached hydrogens (tertiary/aromatic N) is 3. The van der Waals surface area contributed by atoms with Crippen molar-refractivity contribution in [2.75, 3.05) is 5.01 Å². The third-order valence-electron chi connectivity index (χ3n) is 4.29. The van der Waals surface area contributed by atoms with Crippen molar-refractivity contribution in [1.29, 1.82) is 0 Å². The van der Waals surface area contributed by atoms with Gasteiger partial charge in [-0.05, 0) is 37.1 Å². The highest BCUT2D eigenvalue weighted by molar-refractivity contribution is 7.71. The molecule has 2 heterocycles. The highest BCUT2D eigenvalue weighted by Gasteiger charge is 2.24. The summed E-state index contributed by atoms with van der Waals surface area (Å²) in [6.07, 6.45) is 7.80. The minimum Gasteiger partial charge on any atom is -0.273 e. The summed E-state index contributed by atoms with van der Waals surface area (Å²) in [4.78, 5) is 30.2. The van der Waals surface area contributed by atoms with E-state index in [1.807, 2.05) is 18.2 Å². The van der Waals surface area contributed by atoms with E-state index < -0.39 is 0 Å². The number of rotatable bonds is 9. The number of unbranched alkanes of at least 4 members (excludes halogenated alkanes) is 4. The van der Waals surface area contributed by atoms with Gasteiger partial charge in [0.05, 0.1) is 0 Å². The molecule has 0 N–H and O–H groups in total. The van der Waals surface area contributed by atoms with Gasteiger partial charge in [-0.15, -0.1) is 0 Å². The number of pyridine rings is 2. The Morgan fingerprint density at radius 1 is 1.00 bits per heavy atom. The first-order valence-electron chi connectivity index (χ1n) is 9.43. The van der Waals surface area contributed by atoms with E-state index >= 15 is 0 Å². The molecule has 0 saturated carbocycles. The van der Waals surface area contributed by atoms with Crippen molar-refractivity contribution in [2.45, 2.75) is 65.2 Å². The fraction of sp³-hybridized carbons (Fsp3) is 0.500. The van der Waals surface area contributed by atoms with Crippen molar-refractivity contribution in [2.24, 2.45) is 0 Å². The van der Waals surface area contributed by atoms with Crippen molar-refractivity contribution in [3.8, 4) is 0 Å². The fourth-order valence-electron chi connectivity index (χ4n) is 2.87. The third kappa shape index (κ3) is 4.97. The number of amides is 2. The molecule has 6 heteroatoms. The van der Waals surface area contributed by atoms with Gasteiger partial charge in [0.2, 0.25) is 11.8 Å². The standard InChI is InChI=1S/C20H27N3O2S/c1-3-5-7-11-17(24)22(18(25)12-8-6-4-2)23-19(26)14-13-16-10-9-15-21-20(16)23/h9-10,13-15H,3-8,11-12H2,1-2H3. The number of carbonyl (C=O) groups is 2. The molecule has 0 aliphatic rings. The second-order valence-corrected chi connectivity index (χ2v) is 6.83. The van der Waals surface area contributed by atoms with Crippen LogP contribution in [0.2, 0.25) is 0 Å². The molecule has 2 aromatic rings. The first kappa shape index (κ1) is 20.2. The Morgan fingerprint density at radius 3 is 2.19 bits per heavy atom. The molecule has 0 radical (unpaired) electrons. The number of fused-ring (bicyclic) bond motifs is 1. The van der Waals surface area contributed by atoms with E-state index in [2.05, 4.69) is 18.8 Å². The summed E-state index contributed by atoms with van der Waals surface area (Å²) in [5.74, 6) is -0.427. The Labute approximate surface area is 160 Å². The summed E-state index contributed by atoms with van der Waals surface area (Å²) < 4.78 is 1.91. The fourth-order valence-corrected chi connectivity index (χ4v) is 3.11. The van der Waals surface area contributed by atoms with Crippen molar-refractivity contribution >= 4 is 35.1 Å². The summed E-state index contributed by atoms with van der Waals surface area (Å²) in [5, 5.41) is 2.07. The monoisotopic (exact) mass is 373 g/mol. The van der Waals surface area contributed by atoms with Crippen LogP contribution in [0.4, 0.5) is 0 Å². The Hall–Kier alpha value is -2.08. The summed E-state index contributed by atoms with van der Waals surface area (Å²) in [5.41, 5.74) is 0.535. The lowest BCUT2D eigenvalue weighted by Gasteiger charge is -2.24. The number of hydrogen-bond donors (Lipinski definition) is 0. The SMILES string of the molecule is CCCCCC(=O)N(C(=O)CCCCC)n1c(=S)ccc2cccnc21. The van der Waals surface area contributed by atoms with Crippen LogP contribution in [0.5, 0.6) is 0 Å². The number of aromatic nitrogens is 2. The van der Waals surface area contributed by atoms with Gasteiger partial charge in [-0.2, -0.15) is 5.01 Å². The summed E-state index contributed by atoms with van der Waals surface area (Å²) >= 11 is 5.44. The van der Waals surface area contributed by atoms with E-state index in [-0.39, 0.29) is 11.8 Å². The highest BCUT2D eigenvalue weighted by atomic mass is 32.1. The maximum atomic E-state index is 12.9. The zero-order valence-electron chi connectivity index (χ0n) is 15.6. The maximum Gasteiger partial charge on any atom is 0.248 e. The molecule has 0 atom stereocenters. The van der Waals surface area contributed by atoms with Crippen LogP contribution in [0.25, 0.3) is 11.0 Å². The predicted molar refractivity (Wildman–Crippen MR) is 107 cm³/mol. The second-order valence-electron chi connectivity index (χ2n) is 6.41. The van der Waals surface area contributed by atoms with Crippen LogP contribution in [-0.4, -0.2) is 21.5 Å². The summed E-state index contributed by atoms with van der Waals surface area (Å²) in [6.45, 7) is 4.17. The largest absolute Gasteiger partial charge is 0.273 e. The van der Waals surface area contributed by atoms with Crippen LogP contribution >= 0.6 is 12.2 Å². The van der Waals surface area contributed by atoms with Crippen molar-refractivity contribution in [3.05, 3.63) is 35.1 Å². The van der Waals surface area contributed by atoms with Crippen LogP contribution in [0.15, 0.2) is 30.5 Å². The molecule has 2 aromatic heterocycles. The molecule has 0 spiro atoms. The summed E-state index contributed by atoms with van der Waals surface area (Å²) in [6, 6.07) is 7.33. The number of carbonyl (C=O) groups excluding carboxylic acids is 2. The smallest absolute Gasteiger partial charge is 0.248 e. The average molecular weight is 374 g/mol. The molecule has 0 saturated heterocycles. The van der Waals surface area contributed by atoms with E-state index in [0.717, 1.165) is 43.9 Å². The molecule has 26 heavy (non-hydrogen) atoms. The highest BCUT2D eigenvalue weighted by Crippen LogP contribution is 2.16. The van der Waals surface area contributed by atoms with E-state index in [0.29, 0.717) is 23.1 Å². The molecule has 5 nitrogen and oxygen atoms in total. The van der Waals surface area contributed by atoms with Crippen LogP contribution < -0.4 is 5.01 Å². The van der Waals surface area contributed by atoms with Crippen LogP contribution in [0, 0.1) is 4.64 Å². The van der Waals surface area contributed by atoms with Gasteiger partial charge >= 0.3 is 0 Å². The Balaban J connectivity index is 2.43. The molecule has 140 valence electrons. The van der Waals surface area contributed by atoms with Gasteiger partial charge in [0.15, 0.2) is 5.65 Å². The second kappa shape index (κ2) is 10.2. The van der Waals surface area contributed by atoms with Crippen molar-refractivity contribution < 1.29 is 9.59 Å². The zero-order valence-corrected chi connectivity index (χ0v) is 16.4. The topological polar surface area (TPSA) is 55.2 Å². The molecule has 0 aliphatic heterocycles. The maximum absolute atomic E-state index is 12.9. The van der Waals surface area contributed by atoms with Gasteiger partial charge < -0.3 is 0 Å². The van der Waals surface area contributed by atoms with Gasteiger partial charge in [0.1, 0.15) is 4.64 Å². The molecular weight excluding hydrogens is 346 g/mol. The van der Waals surface area contributed by atoms with E-state index in [1.54, 1.807) is 12.3 Å². The first-order chi connectivity index (χ1) is 12.6. The molecule has 2 rings (SSSR count). The van der Waals surface area contributed by atoms with Gasteiger partial charge in [-0.1, -0.05) is 51.7 Å². The summed E-state index contributed by atoms with van der Waals surface area (Å²) in [7, 11) is 0. The molecule has 0 bridgehead atoms. The molecule has 2 amide bonds. The van der Waals surface area contributed by atoms with Crippen LogP contribution in [0.3, 0.4) is 0 Å². The van der Waals surface area contributed by atoms with Gasteiger partial charge in [-0.25, -0.2) is 9.66 Å². The minimum atomic E-state index is -0.214. The van der Waals surface area contributed by atoms with E-state index in [4.69, 9.17) is 12.2 Å². The molecule has 0 fully saturated rings. The van der Waals surface area contributed by atoms with Crippen LogP contribution in [0.1, 0.15) is 65.2 Å². The van der Waals surface area contributed by atoms with Gasteiger partial charge in [0.25, 0.3) is 0 Å². The predicted octanol–water partition coefficient (Wildman–Crippen LogP) is 4.92. The number of imide groups is 1. The first-order valence-corrected chi connectivity index (χ1v) is 9.83. The number of hydrogen-bond acceptors (Lipinski definition) is 4. The molecular formula is C20H27N3O2S. The molecule has 0 aliphatic carbocycles. The Bertz CT molecular complexity index is 794. The third-order valence-corrected chi connectivity index (χ3v) is 4.60. The average Bonchev–Trinajstić information content (AvgIpc) is 2.64. The lowest BCUT2D eigenvalue weighted by atomic mass is 10.1. The molecule has 0 aromatic carbocycles. The van der Waals surface area contributed by atoms with E-state index in [1.165, 1.54) is 9.69 Å². The minimum absolute atomic E-state index is 0.214. The molecule has 0 unspecified atom stereocenters. The van der Waals surface area contributed by atoms with Crippen molar-refractivity contribution in [3.63, 3.8) is 0 Å². The van der Waals surface area contributed by atoms with Crippen LogP contribution in [-0.2, 0) is 9.59 Å². The van der Waals surface area contributed by atoms with Crippen molar-refractivity contribution in [1.82, 2.24) is 9.66 Å².